The fourth-order valence-corrected chi connectivity index (χ4v) is 7.34. The van der Waals surface area contributed by atoms with Crippen LogP contribution in [0.15, 0.2) is 79.0 Å². The number of urea groups is 1. The van der Waals surface area contributed by atoms with E-state index in [1.807, 2.05) is 55.5 Å². The number of amides is 3. The molecule has 1 aliphatic heterocycles. The second kappa shape index (κ2) is 16.6. The Morgan fingerprint density at radius 3 is 2.25 bits per heavy atom. The molecule has 0 saturated carbocycles. The summed E-state index contributed by atoms with van der Waals surface area (Å²) < 4.78 is 4.83. The molecule has 3 aliphatic carbocycles. The third-order valence-corrected chi connectivity index (χ3v) is 10.0. The molecule has 4 aromatic rings. The maximum Gasteiger partial charge on any atom is 0.409 e. The Labute approximate surface area is 307 Å². The fourth-order valence-electron chi connectivity index (χ4n) is 7.34. The molecule has 13 nitrogen and oxygen atoms in total. The SMILES string of the molecule is COC(=O)N1CCN(C2CCc3c(NC(=O)Nc4ccc(C)nc4)cccc32)CC1.O=C1CCc2c1cccc2[N+](=O)[O-].O=C1CCc2ccccc21. The summed E-state index contributed by atoms with van der Waals surface area (Å²) in [6, 6.07) is 22.3. The van der Waals surface area contributed by atoms with Crippen molar-refractivity contribution in [2.75, 3.05) is 43.9 Å². The number of carbonyl (C=O) groups excluding carboxylic acids is 4. The van der Waals surface area contributed by atoms with Gasteiger partial charge in [0.15, 0.2) is 11.6 Å². The van der Waals surface area contributed by atoms with Crippen molar-refractivity contribution in [3.05, 3.63) is 128 Å². The van der Waals surface area contributed by atoms with Crippen LogP contribution in [0.5, 0.6) is 0 Å². The van der Waals surface area contributed by atoms with Crippen molar-refractivity contribution in [3.63, 3.8) is 0 Å². The van der Waals surface area contributed by atoms with E-state index in [4.69, 9.17) is 4.74 Å². The van der Waals surface area contributed by atoms with E-state index >= 15 is 0 Å². The average molecular weight is 719 g/mol. The number of hydrogen-bond acceptors (Lipinski definition) is 9. The molecule has 2 heterocycles. The topological polar surface area (TPSA) is 164 Å². The molecule has 1 fully saturated rings. The number of ketones is 2. The Kier molecular flexibility index (Phi) is 11.5. The summed E-state index contributed by atoms with van der Waals surface area (Å²) in [4.78, 5) is 65.0. The number of rotatable bonds is 4. The number of piperazine rings is 1. The number of Topliss-reactive ketones (excluding diaryl/α,β-unsaturated/α-hetero) is 2. The van der Waals surface area contributed by atoms with E-state index in [0.29, 0.717) is 61.0 Å². The lowest BCUT2D eigenvalue weighted by atomic mass is 10.0. The van der Waals surface area contributed by atoms with Crippen LogP contribution in [0.4, 0.5) is 26.7 Å². The molecule has 274 valence electrons. The Hall–Kier alpha value is -5.95. The van der Waals surface area contributed by atoms with Gasteiger partial charge in [0.1, 0.15) is 0 Å². The molecule has 1 unspecified atom stereocenters. The van der Waals surface area contributed by atoms with Crippen molar-refractivity contribution in [1.29, 1.82) is 0 Å². The summed E-state index contributed by atoms with van der Waals surface area (Å²) in [6.45, 7) is 4.88. The third kappa shape index (κ3) is 8.58. The van der Waals surface area contributed by atoms with Crippen molar-refractivity contribution < 1.29 is 28.8 Å². The Morgan fingerprint density at radius 1 is 0.811 bits per heavy atom. The molecule has 0 bridgehead atoms. The van der Waals surface area contributed by atoms with Crippen LogP contribution in [0.2, 0.25) is 0 Å². The highest BCUT2D eigenvalue weighted by Crippen LogP contribution is 2.40. The van der Waals surface area contributed by atoms with E-state index in [0.717, 1.165) is 49.3 Å². The lowest BCUT2D eigenvalue weighted by molar-refractivity contribution is -0.385. The third-order valence-electron chi connectivity index (χ3n) is 10.0. The van der Waals surface area contributed by atoms with Crippen LogP contribution in [0.25, 0.3) is 0 Å². The van der Waals surface area contributed by atoms with Crippen LogP contribution in [0, 0.1) is 17.0 Å². The number of pyridine rings is 1. The number of aryl methyl sites for hydroxylation is 2. The van der Waals surface area contributed by atoms with E-state index in [1.165, 1.54) is 29.9 Å². The molecule has 4 aliphatic rings. The molecule has 8 rings (SSSR count). The molecule has 13 heteroatoms. The Balaban J connectivity index is 0.000000169. The number of nitrogens with zero attached hydrogens (tertiary/aromatic N) is 4. The largest absolute Gasteiger partial charge is 0.453 e. The number of anilines is 2. The number of nitrogens with one attached hydrogen (secondary N) is 2. The molecule has 1 atom stereocenters. The van der Waals surface area contributed by atoms with Gasteiger partial charge in [-0.05, 0) is 67.5 Å². The van der Waals surface area contributed by atoms with Crippen LogP contribution in [0.1, 0.15) is 74.0 Å². The fraction of sp³-hybridized carbons (Fsp3) is 0.325. The highest BCUT2D eigenvalue weighted by molar-refractivity contribution is 6.02. The van der Waals surface area contributed by atoms with Gasteiger partial charge in [0.2, 0.25) is 0 Å². The quantitative estimate of drug-likeness (QED) is 0.168. The zero-order valence-corrected chi connectivity index (χ0v) is 29.8. The molecular weight excluding hydrogens is 676 g/mol. The minimum Gasteiger partial charge on any atom is -0.453 e. The van der Waals surface area contributed by atoms with Gasteiger partial charge in [-0.3, -0.25) is 29.6 Å². The smallest absolute Gasteiger partial charge is 0.409 e. The summed E-state index contributed by atoms with van der Waals surface area (Å²) in [5, 5.41) is 16.4. The standard InChI is InChI=1S/C22H27N5O3.C9H7NO3.C9H8O/c1-15-6-7-16(14-23-15)24-21(28)25-19-5-3-4-18-17(19)8-9-20(18)26-10-12-27(13-11-26)22(29)30-2;11-9-5-4-6-7(9)2-1-3-8(6)10(12)13;10-9-6-5-7-3-1-2-4-8(7)9/h3-7,14,20H,8-13H2,1-2H3,(H2,24,25,28);1-3H,4-5H2;1-4H,5-6H2. The van der Waals surface area contributed by atoms with Gasteiger partial charge in [0, 0.05) is 79.2 Å². The molecular formula is C40H42N6O7. The highest BCUT2D eigenvalue weighted by atomic mass is 16.6. The average Bonchev–Trinajstić information content (AvgIpc) is 3.90. The number of methoxy groups -OCH3 is 1. The van der Waals surface area contributed by atoms with Crippen LogP contribution < -0.4 is 10.6 Å². The molecule has 2 N–H and O–H groups in total. The van der Waals surface area contributed by atoms with E-state index in [-0.39, 0.29) is 23.6 Å². The maximum atomic E-state index is 12.5. The highest BCUT2D eigenvalue weighted by Gasteiger charge is 2.33. The van der Waals surface area contributed by atoms with Crippen molar-refractivity contribution in [2.24, 2.45) is 0 Å². The normalized spacial score (nSPS) is 16.9. The zero-order chi connectivity index (χ0) is 37.5. The number of nitro benzene ring substituents is 1. The number of fused-ring (bicyclic) bond motifs is 3. The van der Waals surface area contributed by atoms with Crippen LogP contribution in [-0.2, 0) is 24.0 Å². The van der Waals surface area contributed by atoms with Gasteiger partial charge < -0.3 is 20.3 Å². The number of ether oxygens (including phenoxy) is 1. The number of nitro groups is 1. The summed E-state index contributed by atoms with van der Waals surface area (Å²) in [7, 11) is 1.42. The van der Waals surface area contributed by atoms with Gasteiger partial charge in [-0.15, -0.1) is 0 Å². The first-order valence-corrected chi connectivity index (χ1v) is 17.7. The predicted molar refractivity (Wildman–Crippen MR) is 200 cm³/mol. The summed E-state index contributed by atoms with van der Waals surface area (Å²) in [5.41, 5.74) is 8.20. The number of hydrogen-bond donors (Lipinski definition) is 2. The lowest BCUT2D eigenvalue weighted by Crippen LogP contribution is -2.49. The monoisotopic (exact) mass is 718 g/mol. The molecule has 0 radical (unpaired) electrons. The van der Waals surface area contributed by atoms with Crippen molar-refractivity contribution >= 4 is 40.8 Å². The first-order valence-electron chi connectivity index (χ1n) is 17.7. The van der Waals surface area contributed by atoms with E-state index < -0.39 is 4.92 Å². The summed E-state index contributed by atoms with van der Waals surface area (Å²) in [6.07, 6.45) is 5.87. The number of aromatic nitrogens is 1. The van der Waals surface area contributed by atoms with Crippen LogP contribution >= 0.6 is 0 Å². The molecule has 0 spiro atoms. The molecule has 3 aromatic carbocycles. The van der Waals surface area contributed by atoms with E-state index in [9.17, 15) is 29.3 Å². The van der Waals surface area contributed by atoms with Gasteiger partial charge in [-0.1, -0.05) is 48.5 Å². The maximum absolute atomic E-state index is 12.5. The molecule has 53 heavy (non-hydrogen) atoms. The van der Waals surface area contributed by atoms with E-state index in [2.05, 4.69) is 26.6 Å². The predicted octanol–water partition coefficient (Wildman–Crippen LogP) is 6.94. The number of carbonyl (C=O) groups is 4. The first-order chi connectivity index (χ1) is 25.6. The van der Waals surface area contributed by atoms with Crippen LogP contribution in [-0.4, -0.2) is 76.7 Å². The second-order valence-electron chi connectivity index (χ2n) is 13.3. The Bertz CT molecular complexity index is 2020. The number of benzene rings is 3. The lowest BCUT2D eigenvalue weighted by Gasteiger charge is -2.37. The Morgan fingerprint density at radius 2 is 1.53 bits per heavy atom. The summed E-state index contributed by atoms with van der Waals surface area (Å²) >= 11 is 0. The van der Waals surface area contributed by atoms with Crippen LogP contribution in [0.3, 0.4) is 0 Å². The van der Waals surface area contributed by atoms with Gasteiger partial charge in [0.25, 0.3) is 5.69 Å². The van der Waals surface area contributed by atoms with Gasteiger partial charge >= 0.3 is 12.1 Å². The molecule has 1 saturated heterocycles. The van der Waals surface area contributed by atoms with Gasteiger partial charge in [-0.2, -0.15) is 0 Å². The first kappa shape index (κ1) is 36.8. The zero-order valence-electron chi connectivity index (χ0n) is 29.8. The minimum atomic E-state index is -0.433. The van der Waals surface area contributed by atoms with Crippen molar-refractivity contribution in [2.45, 2.75) is 51.5 Å². The second-order valence-corrected chi connectivity index (χ2v) is 13.3. The van der Waals surface area contributed by atoms with Gasteiger partial charge in [-0.25, -0.2) is 9.59 Å². The van der Waals surface area contributed by atoms with Crippen molar-refractivity contribution in [3.8, 4) is 0 Å². The summed E-state index contributed by atoms with van der Waals surface area (Å²) in [5.74, 6) is 0.314. The van der Waals surface area contributed by atoms with E-state index in [1.54, 1.807) is 23.2 Å². The molecule has 1 aromatic heterocycles. The van der Waals surface area contributed by atoms with Crippen molar-refractivity contribution in [1.82, 2.24) is 14.8 Å². The molecule has 3 amide bonds. The van der Waals surface area contributed by atoms with Gasteiger partial charge in [0.05, 0.1) is 23.9 Å². The minimum absolute atomic E-state index is 0.0127.